The lowest BCUT2D eigenvalue weighted by molar-refractivity contribution is 0.109. The van der Waals surface area contributed by atoms with Crippen LogP contribution in [0.25, 0.3) is 0 Å². The zero-order valence-corrected chi connectivity index (χ0v) is 10.7. The Hall–Kier alpha value is -0.530. The van der Waals surface area contributed by atoms with E-state index in [9.17, 15) is 0 Å². The molecule has 0 saturated carbocycles. The number of ether oxygens (including phenoxy) is 1. The Morgan fingerprint density at radius 1 is 1.14 bits per heavy atom. The van der Waals surface area contributed by atoms with Crippen molar-refractivity contribution in [3.63, 3.8) is 0 Å². The van der Waals surface area contributed by atoms with Gasteiger partial charge in [0.25, 0.3) is 0 Å². The molecule has 0 saturated heterocycles. The summed E-state index contributed by atoms with van der Waals surface area (Å²) < 4.78 is 5.81. The number of hydrogen-bond acceptors (Lipinski definition) is 2. The van der Waals surface area contributed by atoms with Gasteiger partial charge in [-0.3, -0.25) is 4.99 Å². The minimum atomic E-state index is -0.136. The highest BCUT2D eigenvalue weighted by atomic mass is 16.5. The predicted molar refractivity (Wildman–Crippen MR) is 62.9 cm³/mol. The van der Waals surface area contributed by atoms with Gasteiger partial charge in [-0.15, -0.1) is 0 Å². The fourth-order valence-corrected chi connectivity index (χ4v) is 1.11. The van der Waals surface area contributed by atoms with Crippen LogP contribution >= 0.6 is 0 Å². The molecule has 0 radical (unpaired) electrons. The van der Waals surface area contributed by atoms with Crippen LogP contribution in [-0.4, -0.2) is 17.5 Å². The molecule has 0 spiro atoms. The summed E-state index contributed by atoms with van der Waals surface area (Å²) >= 11 is 0. The van der Waals surface area contributed by atoms with Crippen molar-refractivity contribution in [2.45, 2.75) is 66.5 Å². The summed E-state index contributed by atoms with van der Waals surface area (Å²) in [5.41, 5.74) is -0.136. The largest absolute Gasteiger partial charge is 0.475 e. The van der Waals surface area contributed by atoms with Gasteiger partial charge in [-0.1, -0.05) is 13.8 Å². The first-order valence-electron chi connectivity index (χ1n) is 5.46. The van der Waals surface area contributed by atoms with Crippen molar-refractivity contribution in [2.24, 2.45) is 10.9 Å². The van der Waals surface area contributed by atoms with E-state index in [2.05, 4.69) is 53.5 Å². The third kappa shape index (κ3) is 8.09. The molecule has 0 heterocycles. The van der Waals surface area contributed by atoms with Crippen LogP contribution in [0.15, 0.2) is 4.99 Å². The molecular weight excluding hydrogens is 174 g/mol. The first kappa shape index (κ1) is 13.5. The quantitative estimate of drug-likeness (QED) is 0.502. The molecule has 2 heteroatoms. The smallest absolute Gasteiger partial charge is 0.184 e. The van der Waals surface area contributed by atoms with Gasteiger partial charge in [-0.2, -0.15) is 0 Å². The van der Waals surface area contributed by atoms with E-state index < -0.39 is 0 Å². The van der Waals surface area contributed by atoms with Gasteiger partial charge >= 0.3 is 0 Å². The Balaban J connectivity index is 4.41. The second kappa shape index (κ2) is 5.38. The summed E-state index contributed by atoms with van der Waals surface area (Å²) in [5.74, 6) is 1.48. The highest BCUT2D eigenvalue weighted by molar-refractivity contribution is 5.76. The SMILES string of the molecule is CC(C)CC(=NC(C)C)OC(C)(C)C. The second-order valence-corrected chi connectivity index (χ2v) is 5.43. The van der Waals surface area contributed by atoms with E-state index in [1.54, 1.807) is 0 Å². The lowest BCUT2D eigenvalue weighted by Crippen LogP contribution is -2.25. The van der Waals surface area contributed by atoms with Gasteiger partial charge < -0.3 is 4.74 Å². The third-order valence-electron chi connectivity index (χ3n) is 1.41. The van der Waals surface area contributed by atoms with Crippen LogP contribution in [0.1, 0.15) is 54.9 Å². The van der Waals surface area contributed by atoms with Crippen LogP contribution in [0.5, 0.6) is 0 Å². The Kier molecular flexibility index (Phi) is 5.17. The maximum absolute atomic E-state index is 5.81. The molecule has 0 aromatic rings. The summed E-state index contributed by atoms with van der Waals surface area (Å²) in [6, 6.07) is 0.311. The average molecular weight is 199 g/mol. The zero-order valence-electron chi connectivity index (χ0n) is 10.7. The molecule has 0 N–H and O–H groups in total. The highest BCUT2D eigenvalue weighted by Gasteiger charge is 2.15. The van der Waals surface area contributed by atoms with Crippen LogP contribution in [0.3, 0.4) is 0 Å². The lowest BCUT2D eigenvalue weighted by Gasteiger charge is -2.23. The van der Waals surface area contributed by atoms with Crippen molar-refractivity contribution in [2.75, 3.05) is 0 Å². The van der Waals surface area contributed by atoms with E-state index in [0.29, 0.717) is 12.0 Å². The molecule has 0 aromatic heterocycles. The van der Waals surface area contributed by atoms with Crippen molar-refractivity contribution in [3.8, 4) is 0 Å². The predicted octanol–water partition coefficient (Wildman–Crippen LogP) is 3.65. The molecule has 0 aromatic carbocycles. The van der Waals surface area contributed by atoms with Gasteiger partial charge in [0, 0.05) is 12.5 Å². The van der Waals surface area contributed by atoms with Crippen molar-refractivity contribution in [1.82, 2.24) is 0 Å². The zero-order chi connectivity index (χ0) is 11.4. The van der Waals surface area contributed by atoms with Crippen LogP contribution in [0, 0.1) is 5.92 Å². The van der Waals surface area contributed by atoms with Gasteiger partial charge in [-0.25, -0.2) is 0 Å². The van der Waals surface area contributed by atoms with Crippen molar-refractivity contribution in [1.29, 1.82) is 0 Å². The Labute approximate surface area is 88.8 Å². The molecule has 84 valence electrons. The average Bonchev–Trinajstić information content (AvgIpc) is 1.77. The minimum Gasteiger partial charge on any atom is -0.475 e. The molecule has 0 aliphatic rings. The van der Waals surface area contributed by atoms with E-state index >= 15 is 0 Å². The number of nitrogens with zero attached hydrogens (tertiary/aromatic N) is 1. The highest BCUT2D eigenvalue weighted by Crippen LogP contribution is 2.13. The molecule has 0 rings (SSSR count). The minimum absolute atomic E-state index is 0.136. The molecule has 0 atom stereocenters. The van der Waals surface area contributed by atoms with E-state index in [1.165, 1.54) is 0 Å². The van der Waals surface area contributed by atoms with Crippen molar-refractivity contribution in [3.05, 3.63) is 0 Å². The molecule has 0 unspecified atom stereocenters. The van der Waals surface area contributed by atoms with E-state index in [1.807, 2.05) is 0 Å². The summed E-state index contributed by atoms with van der Waals surface area (Å²) in [4.78, 5) is 4.50. The summed E-state index contributed by atoms with van der Waals surface area (Å²) in [6.07, 6.45) is 0.926. The normalized spacial score (nSPS) is 13.9. The molecular formula is C12H25NO. The van der Waals surface area contributed by atoms with Crippen LogP contribution < -0.4 is 0 Å². The molecule has 0 amide bonds. The van der Waals surface area contributed by atoms with Crippen LogP contribution in [-0.2, 0) is 4.74 Å². The fraction of sp³-hybridized carbons (Fsp3) is 0.917. The second-order valence-electron chi connectivity index (χ2n) is 5.43. The maximum atomic E-state index is 5.81. The molecule has 0 aliphatic carbocycles. The Bertz CT molecular complexity index is 187. The maximum Gasteiger partial charge on any atom is 0.184 e. The fourth-order valence-electron chi connectivity index (χ4n) is 1.11. The summed E-state index contributed by atoms with van der Waals surface area (Å²) in [6.45, 7) is 14.7. The van der Waals surface area contributed by atoms with Crippen LogP contribution in [0.2, 0.25) is 0 Å². The topological polar surface area (TPSA) is 21.6 Å². The number of aliphatic imine (C=N–C) groups is 1. The van der Waals surface area contributed by atoms with Gasteiger partial charge in [0.1, 0.15) is 5.60 Å². The van der Waals surface area contributed by atoms with E-state index in [0.717, 1.165) is 12.3 Å². The lowest BCUT2D eigenvalue weighted by atomic mass is 10.1. The molecule has 0 bridgehead atoms. The van der Waals surface area contributed by atoms with Gasteiger partial charge in [0.05, 0.1) is 0 Å². The first-order chi connectivity index (χ1) is 6.20. The number of rotatable bonds is 3. The van der Waals surface area contributed by atoms with E-state index in [4.69, 9.17) is 4.74 Å². The monoisotopic (exact) mass is 199 g/mol. The molecule has 0 fully saturated rings. The van der Waals surface area contributed by atoms with Gasteiger partial charge in [0.15, 0.2) is 5.90 Å². The summed E-state index contributed by atoms with van der Waals surface area (Å²) in [5, 5.41) is 0. The van der Waals surface area contributed by atoms with Crippen LogP contribution in [0.4, 0.5) is 0 Å². The summed E-state index contributed by atoms with van der Waals surface area (Å²) in [7, 11) is 0. The van der Waals surface area contributed by atoms with E-state index in [-0.39, 0.29) is 5.60 Å². The van der Waals surface area contributed by atoms with Crippen molar-refractivity contribution >= 4 is 5.90 Å². The number of hydrogen-bond donors (Lipinski definition) is 0. The molecule has 14 heavy (non-hydrogen) atoms. The van der Waals surface area contributed by atoms with Crippen molar-refractivity contribution < 1.29 is 4.74 Å². The standard InChI is InChI=1S/C12H25NO/c1-9(2)8-11(13-10(3)4)14-12(5,6)7/h9-10H,8H2,1-7H3. The van der Waals surface area contributed by atoms with Gasteiger partial charge in [0.2, 0.25) is 0 Å². The molecule has 0 aliphatic heterocycles. The first-order valence-corrected chi connectivity index (χ1v) is 5.46. The van der Waals surface area contributed by atoms with Gasteiger partial charge in [-0.05, 0) is 40.5 Å². The Morgan fingerprint density at radius 3 is 1.93 bits per heavy atom. The third-order valence-corrected chi connectivity index (χ3v) is 1.41. The molecule has 2 nitrogen and oxygen atoms in total. The Morgan fingerprint density at radius 2 is 1.64 bits per heavy atom.